The minimum absolute atomic E-state index is 0.208. The zero-order valence-corrected chi connectivity index (χ0v) is 20.5. The third-order valence-electron chi connectivity index (χ3n) is 6.06. The van der Waals surface area contributed by atoms with Gasteiger partial charge in [-0.25, -0.2) is 4.39 Å². The third kappa shape index (κ3) is 4.40. The number of nitrogens with one attached hydrogen (secondary N) is 2. The number of ether oxygens (including phenoxy) is 1. The molecule has 5 rings (SSSR count). The fourth-order valence-electron chi connectivity index (χ4n) is 4.54. The van der Waals surface area contributed by atoms with Crippen molar-refractivity contribution in [3.8, 4) is 11.4 Å². The van der Waals surface area contributed by atoms with E-state index in [2.05, 4.69) is 15.6 Å². The average molecular weight is 502 g/mol. The Morgan fingerprint density at radius 2 is 1.86 bits per heavy atom. The lowest BCUT2D eigenvalue weighted by atomic mass is 10.0. The number of anilines is 2. The molecule has 0 unspecified atom stereocenters. The molecule has 1 aliphatic heterocycles. The van der Waals surface area contributed by atoms with Crippen molar-refractivity contribution in [3.05, 3.63) is 102 Å². The summed E-state index contributed by atoms with van der Waals surface area (Å²) in [7, 11) is 1.55. The van der Waals surface area contributed by atoms with Crippen molar-refractivity contribution in [2.24, 2.45) is 0 Å². The van der Waals surface area contributed by atoms with Gasteiger partial charge in [-0.1, -0.05) is 6.07 Å². The summed E-state index contributed by atoms with van der Waals surface area (Å²) < 4.78 is 21.1. The van der Waals surface area contributed by atoms with Gasteiger partial charge in [0.05, 0.1) is 24.5 Å². The van der Waals surface area contributed by atoms with Crippen molar-refractivity contribution in [3.63, 3.8) is 0 Å². The summed E-state index contributed by atoms with van der Waals surface area (Å²) in [6.45, 7) is 1.45. The van der Waals surface area contributed by atoms with Crippen LogP contribution in [0, 0.1) is 5.82 Å². The molecule has 1 amide bonds. The molecule has 0 radical (unpaired) electrons. The number of pyridine rings is 1. The maximum Gasteiger partial charge on any atom is 0.221 e. The van der Waals surface area contributed by atoms with Crippen LogP contribution in [-0.4, -0.2) is 27.7 Å². The molecule has 7 nitrogen and oxygen atoms in total. The molecule has 2 N–H and O–H groups in total. The molecule has 2 aromatic heterocycles. The Morgan fingerprint density at radius 1 is 1.08 bits per heavy atom. The summed E-state index contributed by atoms with van der Waals surface area (Å²) in [5.41, 5.74) is 3.89. The highest BCUT2D eigenvalue weighted by molar-refractivity contribution is 7.80. The summed E-state index contributed by atoms with van der Waals surface area (Å²) in [4.78, 5) is 18.4. The molecule has 0 saturated carbocycles. The van der Waals surface area contributed by atoms with E-state index in [1.807, 2.05) is 58.1 Å². The minimum Gasteiger partial charge on any atom is -0.495 e. The third-order valence-corrected chi connectivity index (χ3v) is 6.37. The number of nitrogens with zero attached hydrogens (tertiary/aromatic N) is 3. The summed E-state index contributed by atoms with van der Waals surface area (Å²) in [6.07, 6.45) is 3.69. The van der Waals surface area contributed by atoms with E-state index in [4.69, 9.17) is 17.0 Å². The van der Waals surface area contributed by atoms with Crippen molar-refractivity contribution in [1.82, 2.24) is 14.9 Å². The Labute approximate surface area is 213 Å². The first-order chi connectivity index (χ1) is 17.5. The number of benzene rings is 2. The zero-order valence-electron chi connectivity index (χ0n) is 19.7. The van der Waals surface area contributed by atoms with Crippen molar-refractivity contribution in [2.75, 3.05) is 17.3 Å². The summed E-state index contributed by atoms with van der Waals surface area (Å²) in [6, 6.07) is 21.1. The lowest BCUT2D eigenvalue weighted by Gasteiger charge is -2.29. The molecule has 4 aromatic rings. The van der Waals surface area contributed by atoms with Crippen molar-refractivity contribution >= 4 is 34.6 Å². The van der Waals surface area contributed by atoms with Gasteiger partial charge in [-0.3, -0.25) is 9.78 Å². The van der Waals surface area contributed by atoms with E-state index in [0.717, 1.165) is 22.8 Å². The number of thiocarbonyl (C=S) groups is 1. The van der Waals surface area contributed by atoms with E-state index < -0.39 is 0 Å². The fourth-order valence-corrected chi connectivity index (χ4v) is 4.88. The second-order valence-corrected chi connectivity index (χ2v) is 8.73. The van der Waals surface area contributed by atoms with Crippen LogP contribution < -0.4 is 20.3 Å². The maximum atomic E-state index is 13.6. The molecule has 36 heavy (non-hydrogen) atoms. The van der Waals surface area contributed by atoms with Crippen LogP contribution in [-0.2, 0) is 4.79 Å². The average Bonchev–Trinajstić information content (AvgIpc) is 3.49. The molecule has 2 aromatic carbocycles. The lowest BCUT2D eigenvalue weighted by molar-refractivity contribution is -0.114. The Hall–Kier alpha value is -4.24. The second-order valence-electron chi connectivity index (χ2n) is 8.34. The Balaban J connectivity index is 1.66. The number of rotatable bonds is 6. The highest BCUT2D eigenvalue weighted by Crippen LogP contribution is 2.43. The van der Waals surface area contributed by atoms with Crippen LogP contribution in [0.1, 0.15) is 30.4 Å². The summed E-state index contributed by atoms with van der Waals surface area (Å²) in [5.74, 6) is 0.0353. The smallest absolute Gasteiger partial charge is 0.221 e. The van der Waals surface area contributed by atoms with Gasteiger partial charge in [-0.15, -0.1) is 0 Å². The summed E-state index contributed by atoms with van der Waals surface area (Å²) in [5, 5.41) is 6.78. The second kappa shape index (κ2) is 9.79. The van der Waals surface area contributed by atoms with Crippen LogP contribution in [0.3, 0.4) is 0 Å². The molecular formula is C27H24FN5O2S. The highest BCUT2D eigenvalue weighted by atomic mass is 32.1. The summed E-state index contributed by atoms with van der Waals surface area (Å²) >= 11 is 5.83. The quantitative estimate of drug-likeness (QED) is 0.356. The number of carbonyl (C=O) groups is 1. The van der Waals surface area contributed by atoms with Crippen molar-refractivity contribution < 1.29 is 13.9 Å². The van der Waals surface area contributed by atoms with Gasteiger partial charge in [0.25, 0.3) is 0 Å². The molecular weight excluding hydrogens is 477 g/mol. The normalized spacial score (nSPS) is 17.1. The van der Waals surface area contributed by atoms with Crippen LogP contribution in [0.5, 0.6) is 5.75 Å². The fraction of sp³-hybridized carbons (Fsp3) is 0.148. The predicted octanol–water partition coefficient (Wildman–Crippen LogP) is 5.16. The molecule has 0 spiro atoms. The molecule has 0 bridgehead atoms. The molecule has 1 fully saturated rings. The number of hydrogen-bond acceptors (Lipinski definition) is 4. The van der Waals surface area contributed by atoms with Gasteiger partial charge in [0.1, 0.15) is 17.6 Å². The van der Waals surface area contributed by atoms with E-state index in [-0.39, 0.29) is 23.8 Å². The number of hydrogen-bond donors (Lipinski definition) is 2. The van der Waals surface area contributed by atoms with Crippen LogP contribution in [0.4, 0.5) is 15.8 Å². The van der Waals surface area contributed by atoms with Gasteiger partial charge >= 0.3 is 0 Å². The lowest BCUT2D eigenvalue weighted by Crippen LogP contribution is -2.30. The van der Waals surface area contributed by atoms with Gasteiger partial charge in [-0.05, 0) is 78.9 Å². The van der Waals surface area contributed by atoms with Gasteiger partial charge in [-0.2, -0.15) is 0 Å². The first kappa shape index (κ1) is 23.5. The molecule has 1 saturated heterocycles. The Bertz CT molecular complexity index is 1410. The SMILES string of the molecule is COc1ccc(N2C(=S)N[C@H](c3ccccn3)[C@H]2c2cccn2-c2ccc(F)cc2)cc1NC(C)=O. The topological polar surface area (TPSA) is 71.4 Å². The van der Waals surface area contributed by atoms with Gasteiger partial charge < -0.3 is 24.8 Å². The minimum atomic E-state index is -0.300. The van der Waals surface area contributed by atoms with E-state index in [1.165, 1.54) is 19.1 Å². The van der Waals surface area contributed by atoms with Crippen LogP contribution in [0.15, 0.2) is 85.2 Å². The first-order valence-electron chi connectivity index (χ1n) is 11.4. The van der Waals surface area contributed by atoms with Gasteiger partial charge in [0, 0.05) is 36.4 Å². The van der Waals surface area contributed by atoms with Crippen molar-refractivity contribution in [1.29, 1.82) is 0 Å². The largest absolute Gasteiger partial charge is 0.495 e. The molecule has 0 aliphatic carbocycles. The first-order valence-corrected chi connectivity index (χ1v) is 11.8. The predicted molar refractivity (Wildman–Crippen MR) is 141 cm³/mol. The highest BCUT2D eigenvalue weighted by Gasteiger charge is 2.42. The number of aromatic nitrogens is 2. The zero-order chi connectivity index (χ0) is 25.2. The molecule has 2 atom stereocenters. The monoisotopic (exact) mass is 501 g/mol. The molecule has 3 heterocycles. The maximum absolute atomic E-state index is 13.6. The van der Waals surface area contributed by atoms with E-state index >= 15 is 0 Å². The number of methoxy groups -OCH3 is 1. The van der Waals surface area contributed by atoms with Crippen LogP contribution in [0.2, 0.25) is 0 Å². The number of carbonyl (C=O) groups excluding carboxylic acids is 1. The number of amides is 1. The van der Waals surface area contributed by atoms with Crippen molar-refractivity contribution in [2.45, 2.75) is 19.0 Å². The Morgan fingerprint density at radius 3 is 2.56 bits per heavy atom. The van der Waals surface area contributed by atoms with E-state index in [9.17, 15) is 9.18 Å². The Kier molecular flexibility index (Phi) is 6.39. The number of halogens is 1. The van der Waals surface area contributed by atoms with E-state index in [0.29, 0.717) is 16.5 Å². The van der Waals surface area contributed by atoms with Gasteiger partial charge in [0.2, 0.25) is 5.91 Å². The van der Waals surface area contributed by atoms with Crippen LogP contribution in [0.25, 0.3) is 5.69 Å². The van der Waals surface area contributed by atoms with Gasteiger partial charge in [0.15, 0.2) is 5.11 Å². The van der Waals surface area contributed by atoms with E-state index in [1.54, 1.807) is 31.5 Å². The molecule has 9 heteroatoms. The molecule has 1 aliphatic rings. The molecule has 182 valence electrons. The van der Waals surface area contributed by atoms with Crippen LogP contribution >= 0.6 is 12.2 Å². The standard InChI is InChI=1S/C27H24FN5O2S/c1-17(34)30-22-16-20(12-13-24(22)35-2)33-26(25(31-27(33)36)21-6-3-4-14-29-21)23-7-5-15-32(23)19-10-8-18(28)9-11-19/h3-16,25-26H,1-2H3,(H,30,34)(H,31,36)/t25-,26-/m1/s1.